The molecule has 0 aromatic carbocycles. The Morgan fingerprint density at radius 1 is 1.47 bits per heavy atom. The highest BCUT2D eigenvalue weighted by Crippen LogP contribution is 2.22. The minimum absolute atomic E-state index is 0.0257. The molecule has 1 saturated heterocycles. The van der Waals surface area contributed by atoms with E-state index in [1.165, 1.54) is 24.3 Å². The lowest BCUT2D eigenvalue weighted by atomic mass is 10.0. The fraction of sp³-hybridized carbons (Fsp3) is 0.571. The van der Waals surface area contributed by atoms with Crippen molar-refractivity contribution in [2.75, 3.05) is 29.9 Å². The van der Waals surface area contributed by atoms with Gasteiger partial charge in [0.25, 0.3) is 5.91 Å². The second-order valence-electron chi connectivity index (χ2n) is 4.70. The van der Waals surface area contributed by atoms with Crippen LogP contribution in [0.25, 0.3) is 0 Å². The van der Waals surface area contributed by atoms with Crippen molar-refractivity contribution in [1.82, 2.24) is 10.3 Å². The van der Waals surface area contributed by atoms with Crippen molar-refractivity contribution in [2.45, 2.75) is 19.8 Å². The molecule has 1 aromatic heterocycles. The van der Waals surface area contributed by atoms with Gasteiger partial charge in [0.2, 0.25) is 0 Å². The fourth-order valence-corrected chi connectivity index (χ4v) is 3.38. The first-order chi connectivity index (χ1) is 9.31. The van der Waals surface area contributed by atoms with Crippen LogP contribution in [-0.4, -0.2) is 35.5 Å². The molecule has 5 heteroatoms. The summed E-state index contributed by atoms with van der Waals surface area (Å²) in [5.74, 6) is 3.71. The lowest BCUT2D eigenvalue weighted by Gasteiger charge is -2.21. The van der Waals surface area contributed by atoms with Crippen LogP contribution in [0.2, 0.25) is 0 Å². The summed E-state index contributed by atoms with van der Waals surface area (Å²) in [6, 6.07) is 3.62. The van der Waals surface area contributed by atoms with E-state index in [0.29, 0.717) is 17.3 Å². The molecule has 0 aliphatic carbocycles. The molecule has 4 nitrogen and oxygen atoms in total. The van der Waals surface area contributed by atoms with Crippen LogP contribution >= 0.6 is 11.8 Å². The van der Waals surface area contributed by atoms with E-state index in [1.807, 2.05) is 24.8 Å². The lowest BCUT2D eigenvalue weighted by molar-refractivity contribution is 0.0947. The molecule has 1 aliphatic rings. The largest absolute Gasteiger partial charge is 0.370 e. The van der Waals surface area contributed by atoms with E-state index in [-0.39, 0.29) is 5.91 Å². The predicted octanol–water partition coefficient (Wildman–Crippen LogP) is 2.39. The van der Waals surface area contributed by atoms with Gasteiger partial charge in [-0.15, -0.1) is 0 Å². The van der Waals surface area contributed by atoms with Crippen LogP contribution in [0.15, 0.2) is 18.3 Å². The number of thioether (sulfide) groups is 1. The molecule has 104 valence electrons. The van der Waals surface area contributed by atoms with Crippen molar-refractivity contribution in [3.8, 4) is 0 Å². The van der Waals surface area contributed by atoms with Crippen molar-refractivity contribution in [2.24, 2.45) is 5.92 Å². The number of rotatable bonds is 5. The number of pyridine rings is 1. The Balaban J connectivity index is 1.91. The lowest BCUT2D eigenvalue weighted by Crippen LogP contribution is -2.31. The Kier molecular flexibility index (Phi) is 5.51. The molecule has 19 heavy (non-hydrogen) atoms. The van der Waals surface area contributed by atoms with Crippen molar-refractivity contribution < 1.29 is 4.79 Å². The molecule has 0 bridgehead atoms. The number of carbonyl (C=O) groups excluding carboxylic acids is 1. The second kappa shape index (κ2) is 7.38. The third-order valence-electron chi connectivity index (χ3n) is 3.29. The van der Waals surface area contributed by atoms with Gasteiger partial charge in [-0.25, -0.2) is 4.98 Å². The van der Waals surface area contributed by atoms with Crippen molar-refractivity contribution >= 4 is 23.5 Å². The van der Waals surface area contributed by atoms with Crippen LogP contribution in [0, 0.1) is 5.92 Å². The van der Waals surface area contributed by atoms with Gasteiger partial charge in [-0.2, -0.15) is 11.8 Å². The highest BCUT2D eigenvalue weighted by atomic mass is 32.2. The first-order valence-corrected chi connectivity index (χ1v) is 8.01. The SMILES string of the molecule is CCNc1ncccc1C(=O)NCC1CCSCC1. The summed E-state index contributed by atoms with van der Waals surface area (Å²) in [5, 5.41) is 6.16. The smallest absolute Gasteiger partial charge is 0.255 e. The number of nitrogens with zero attached hydrogens (tertiary/aromatic N) is 1. The van der Waals surface area contributed by atoms with Gasteiger partial charge in [0.05, 0.1) is 5.56 Å². The third-order valence-corrected chi connectivity index (χ3v) is 4.34. The molecule has 0 spiro atoms. The summed E-state index contributed by atoms with van der Waals surface area (Å²) in [7, 11) is 0. The molecule has 1 aromatic rings. The zero-order valence-electron chi connectivity index (χ0n) is 11.3. The van der Waals surface area contributed by atoms with Crippen LogP contribution in [0.5, 0.6) is 0 Å². The minimum atomic E-state index is -0.0257. The molecule has 0 unspecified atom stereocenters. The molecule has 2 heterocycles. The van der Waals surface area contributed by atoms with Gasteiger partial charge in [-0.3, -0.25) is 4.79 Å². The Hall–Kier alpha value is -1.23. The Morgan fingerprint density at radius 3 is 3.00 bits per heavy atom. The molecular weight excluding hydrogens is 258 g/mol. The van der Waals surface area contributed by atoms with E-state index in [1.54, 1.807) is 12.3 Å². The number of hydrogen-bond acceptors (Lipinski definition) is 4. The molecule has 1 aliphatic heterocycles. The van der Waals surface area contributed by atoms with E-state index >= 15 is 0 Å². The summed E-state index contributed by atoms with van der Waals surface area (Å²) in [4.78, 5) is 16.4. The maximum Gasteiger partial charge on any atom is 0.255 e. The first kappa shape index (κ1) is 14.2. The maximum absolute atomic E-state index is 12.2. The van der Waals surface area contributed by atoms with Crippen LogP contribution in [-0.2, 0) is 0 Å². The highest BCUT2D eigenvalue weighted by molar-refractivity contribution is 7.99. The zero-order chi connectivity index (χ0) is 13.5. The summed E-state index contributed by atoms with van der Waals surface area (Å²) in [6.07, 6.45) is 4.11. The predicted molar refractivity (Wildman–Crippen MR) is 80.8 cm³/mol. The summed E-state index contributed by atoms with van der Waals surface area (Å²) >= 11 is 2.01. The van der Waals surface area contributed by atoms with Crippen LogP contribution in [0.1, 0.15) is 30.1 Å². The normalized spacial score (nSPS) is 16.1. The molecule has 2 rings (SSSR count). The van der Waals surface area contributed by atoms with Crippen molar-refractivity contribution in [1.29, 1.82) is 0 Å². The standard InChI is InChI=1S/C14H21N3OS/c1-2-15-13-12(4-3-7-16-13)14(18)17-10-11-5-8-19-9-6-11/h3-4,7,11H,2,5-6,8-10H2,1H3,(H,15,16)(H,17,18). The number of amides is 1. The van der Waals surface area contributed by atoms with Crippen molar-refractivity contribution in [3.63, 3.8) is 0 Å². The molecule has 2 N–H and O–H groups in total. The molecule has 0 saturated carbocycles. The maximum atomic E-state index is 12.2. The van der Waals surface area contributed by atoms with Gasteiger partial charge >= 0.3 is 0 Å². The number of hydrogen-bond donors (Lipinski definition) is 2. The number of anilines is 1. The number of carbonyl (C=O) groups is 1. The van der Waals surface area contributed by atoms with Gasteiger partial charge < -0.3 is 10.6 Å². The quantitative estimate of drug-likeness (QED) is 0.869. The fourth-order valence-electron chi connectivity index (χ4n) is 2.18. The molecule has 1 fully saturated rings. The zero-order valence-corrected chi connectivity index (χ0v) is 12.1. The van der Waals surface area contributed by atoms with E-state index in [9.17, 15) is 4.79 Å². The van der Waals surface area contributed by atoms with Crippen molar-refractivity contribution in [3.05, 3.63) is 23.9 Å². The second-order valence-corrected chi connectivity index (χ2v) is 5.92. The number of nitrogens with one attached hydrogen (secondary N) is 2. The molecular formula is C14H21N3OS. The Morgan fingerprint density at radius 2 is 2.26 bits per heavy atom. The molecule has 1 amide bonds. The van der Waals surface area contributed by atoms with E-state index < -0.39 is 0 Å². The Bertz CT molecular complexity index is 419. The van der Waals surface area contributed by atoms with E-state index in [0.717, 1.165) is 13.1 Å². The average Bonchev–Trinajstić information content (AvgIpc) is 2.47. The molecule has 0 atom stereocenters. The number of aromatic nitrogens is 1. The highest BCUT2D eigenvalue weighted by Gasteiger charge is 2.16. The topological polar surface area (TPSA) is 54.0 Å². The summed E-state index contributed by atoms with van der Waals surface area (Å²) in [5.41, 5.74) is 0.634. The molecule has 0 radical (unpaired) electrons. The monoisotopic (exact) mass is 279 g/mol. The minimum Gasteiger partial charge on any atom is -0.370 e. The van der Waals surface area contributed by atoms with E-state index in [4.69, 9.17) is 0 Å². The van der Waals surface area contributed by atoms with Gasteiger partial charge in [-0.1, -0.05) is 0 Å². The third kappa shape index (κ3) is 4.13. The first-order valence-electron chi connectivity index (χ1n) is 6.86. The van der Waals surface area contributed by atoms with Gasteiger partial charge in [-0.05, 0) is 49.3 Å². The van der Waals surface area contributed by atoms with Gasteiger partial charge in [0.1, 0.15) is 5.82 Å². The van der Waals surface area contributed by atoms with Crippen LogP contribution in [0.3, 0.4) is 0 Å². The average molecular weight is 279 g/mol. The van der Waals surface area contributed by atoms with Gasteiger partial charge in [0, 0.05) is 19.3 Å². The Labute approximate surface area is 118 Å². The van der Waals surface area contributed by atoms with Crippen LogP contribution in [0.4, 0.5) is 5.82 Å². The van der Waals surface area contributed by atoms with Crippen LogP contribution < -0.4 is 10.6 Å². The summed E-state index contributed by atoms with van der Waals surface area (Å²) < 4.78 is 0. The van der Waals surface area contributed by atoms with Gasteiger partial charge in [0.15, 0.2) is 0 Å². The van der Waals surface area contributed by atoms with E-state index in [2.05, 4.69) is 15.6 Å². The summed E-state index contributed by atoms with van der Waals surface area (Å²) in [6.45, 7) is 3.53.